The summed E-state index contributed by atoms with van der Waals surface area (Å²) in [5.74, 6) is 1.09. The van der Waals surface area contributed by atoms with Gasteiger partial charge in [-0.3, -0.25) is 4.79 Å². The molecule has 2 aromatic heterocycles. The van der Waals surface area contributed by atoms with E-state index in [0.717, 1.165) is 12.8 Å². The highest BCUT2D eigenvalue weighted by Crippen LogP contribution is 2.34. The van der Waals surface area contributed by atoms with Crippen molar-refractivity contribution in [3.05, 3.63) is 30.0 Å². The number of carbonyl (C=O) groups excluding carboxylic acids is 1. The molecule has 38 heavy (non-hydrogen) atoms. The summed E-state index contributed by atoms with van der Waals surface area (Å²) in [6.45, 7) is 2.69. The Kier molecular flexibility index (Phi) is 11.8. The predicted octanol–water partition coefficient (Wildman–Crippen LogP) is 2.87. The van der Waals surface area contributed by atoms with Gasteiger partial charge in [0.1, 0.15) is 30.8 Å². The standard InChI is InChI=1S/C25H34FN7O5/c1-33(2)8-5-23(34)38-14-12-36-11-13-37-21-15-20(32-26)24(30-22-4-3-18(16-27)17-28-22)31-25(21)29-19-6-9-35-10-7-19/h3-4,15,17,19,32H,5-14H2,1-2H3,(H2,28,29,30,31). The summed E-state index contributed by atoms with van der Waals surface area (Å²) in [6.07, 6.45) is 3.32. The Labute approximate surface area is 221 Å². The highest BCUT2D eigenvalue weighted by atomic mass is 19.2. The third kappa shape index (κ3) is 9.62. The van der Waals surface area contributed by atoms with Gasteiger partial charge in [0.2, 0.25) is 0 Å². The van der Waals surface area contributed by atoms with Gasteiger partial charge in [0.15, 0.2) is 17.4 Å². The molecule has 0 spiro atoms. The van der Waals surface area contributed by atoms with Crippen molar-refractivity contribution in [3.63, 3.8) is 0 Å². The highest BCUT2D eigenvalue weighted by Gasteiger charge is 2.19. The first-order valence-electron chi connectivity index (χ1n) is 12.4. The van der Waals surface area contributed by atoms with Crippen molar-refractivity contribution in [2.24, 2.45) is 0 Å². The highest BCUT2D eigenvalue weighted by molar-refractivity contribution is 5.74. The fraction of sp³-hybridized carbons (Fsp3) is 0.520. The Morgan fingerprint density at radius 2 is 2.00 bits per heavy atom. The Morgan fingerprint density at radius 1 is 1.21 bits per heavy atom. The maximum atomic E-state index is 13.7. The second kappa shape index (κ2) is 15.5. The molecule has 0 radical (unpaired) electrons. The van der Waals surface area contributed by atoms with Gasteiger partial charge in [0, 0.05) is 38.1 Å². The van der Waals surface area contributed by atoms with Crippen LogP contribution < -0.4 is 20.9 Å². The number of aromatic nitrogens is 2. The number of halogens is 1. The molecule has 206 valence electrons. The van der Waals surface area contributed by atoms with Crippen LogP contribution in [0.3, 0.4) is 0 Å². The number of pyridine rings is 2. The van der Waals surface area contributed by atoms with Crippen LogP contribution in [-0.4, -0.2) is 87.2 Å². The van der Waals surface area contributed by atoms with Crippen LogP contribution in [0.4, 0.5) is 27.6 Å². The number of hydrogen-bond donors (Lipinski definition) is 3. The Balaban J connectivity index is 1.59. The molecule has 3 N–H and O–H groups in total. The van der Waals surface area contributed by atoms with E-state index in [0.29, 0.717) is 49.1 Å². The third-order valence-corrected chi connectivity index (χ3v) is 5.53. The van der Waals surface area contributed by atoms with Crippen LogP contribution in [0.2, 0.25) is 0 Å². The largest absolute Gasteiger partial charge is 0.487 e. The molecule has 1 fully saturated rings. The van der Waals surface area contributed by atoms with Crippen molar-refractivity contribution in [2.75, 3.05) is 76.5 Å². The van der Waals surface area contributed by atoms with Crippen LogP contribution in [0, 0.1) is 11.3 Å². The summed E-state index contributed by atoms with van der Waals surface area (Å²) in [5.41, 5.74) is 2.10. The average molecular weight is 532 g/mol. The van der Waals surface area contributed by atoms with Gasteiger partial charge < -0.3 is 34.5 Å². The van der Waals surface area contributed by atoms with Gasteiger partial charge in [-0.05, 0) is 39.1 Å². The van der Waals surface area contributed by atoms with Gasteiger partial charge in [-0.15, -0.1) is 4.48 Å². The van der Waals surface area contributed by atoms with Crippen molar-refractivity contribution in [1.29, 1.82) is 5.26 Å². The molecule has 0 amide bonds. The third-order valence-electron chi connectivity index (χ3n) is 5.53. The van der Waals surface area contributed by atoms with E-state index in [4.69, 9.17) is 24.2 Å². The monoisotopic (exact) mass is 531 g/mol. The maximum Gasteiger partial charge on any atom is 0.307 e. The molecule has 3 heterocycles. The first kappa shape index (κ1) is 28.8. The number of hydrogen-bond acceptors (Lipinski definition) is 12. The molecule has 0 unspecified atom stereocenters. The molecule has 1 saturated heterocycles. The summed E-state index contributed by atoms with van der Waals surface area (Å²) in [4.78, 5) is 22.3. The zero-order valence-electron chi connectivity index (χ0n) is 21.7. The van der Waals surface area contributed by atoms with Crippen molar-refractivity contribution >= 4 is 29.1 Å². The normalized spacial score (nSPS) is 13.6. The average Bonchev–Trinajstić information content (AvgIpc) is 2.93. The van der Waals surface area contributed by atoms with E-state index < -0.39 is 0 Å². The molecule has 0 aliphatic carbocycles. The van der Waals surface area contributed by atoms with E-state index >= 15 is 0 Å². The van der Waals surface area contributed by atoms with Gasteiger partial charge in [0.05, 0.1) is 25.2 Å². The fourth-order valence-electron chi connectivity index (χ4n) is 3.48. The van der Waals surface area contributed by atoms with Crippen LogP contribution in [0.25, 0.3) is 0 Å². The van der Waals surface area contributed by atoms with E-state index in [1.807, 2.05) is 25.1 Å². The molecule has 0 atom stereocenters. The lowest BCUT2D eigenvalue weighted by molar-refractivity contribution is -0.145. The minimum absolute atomic E-state index is 0.0502. The lowest BCUT2D eigenvalue weighted by Crippen LogP contribution is -2.28. The number of nitrogens with one attached hydrogen (secondary N) is 3. The number of nitrogens with zero attached hydrogens (tertiary/aromatic N) is 4. The van der Waals surface area contributed by atoms with Crippen molar-refractivity contribution < 1.29 is 28.2 Å². The second-order valence-electron chi connectivity index (χ2n) is 8.76. The van der Waals surface area contributed by atoms with E-state index in [2.05, 4.69) is 20.6 Å². The van der Waals surface area contributed by atoms with Gasteiger partial charge >= 0.3 is 5.97 Å². The first-order chi connectivity index (χ1) is 18.5. The van der Waals surface area contributed by atoms with Crippen LogP contribution in [-0.2, 0) is 19.0 Å². The van der Waals surface area contributed by atoms with Gasteiger partial charge in [-0.2, -0.15) is 5.26 Å². The fourth-order valence-corrected chi connectivity index (χ4v) is 3.48. The molecule has 12 nitrogen and oxygen atoms in total. The molecule has 3 rings (SSSR count). The summed E-state index contributed by atoms with van der Waals surface area (Å²) < 4.78 is 35.6. The van der Waals surface area contributed by atoms with Crippen LogP contribution in [0.5, 0.6) is 5.75 Å². The van der Waals surface area contributed by atoms with Crippen molar-refractivity contribution in [3.8, 4) is 11.8 Å². The van der Waals surface area contributed by atoms with E-state index in [1.165, 1.54) is 12.3 Å². The van der Waals surface area contributed by atoms with E-state index in [9.17, 15) is 9.28 Å². The Hall–Kier alpha value is -3.73. The number of ether oxygens (including phenoxy) is 4. The molecular formula is C25H34FN7O5. The summed E-state index contributed by atoms with van der Waals surface area (Å²) >= 11 is 0. The molecule has 1 aliphatic rings. The molecule has 0 bridgehead atoms. The van der Waals surface area contributed by atoms with Crippen molar-refractivity contribution in [2.45, 2.75) is 25.3 Å². The second-order valence-corrected chi connectivity index (χ2v) is 8.76. The quantitative estimate of drug-likeness (QED) is 0.177. The van der Waals surface area contributed by atoms with Crippen LogP contribution >= 0.6 is 0 Å². The molecule has 0 saturated carbocycles. The van der Waals surface area contributed by atoms with Gasteiger partial charge in [0.25, 0.3) is 0 Å². The molecule has 2 aromatic rings. The minimum Gasteiger partial charge on any atom is -0.487 e. The maximum absolute atomic E-state index is 13.7. The van der Waals surface area contributed by atoms with E-state index in [1.54, 1.807) is 17.7 Å². The zero-order chi connectivity index (χ0) is 27.2. The van der Waals surface area contributed by atoms with Gasteiger partial charge in [-0.25, -0.2) is 15.5 Å². The summed E-state index contributed by atoms with van der Waals surface area (Å²) in [5, 5.41) is 15.3. The lowest BCUT2D eigenvalue weighted by Gasteiger charge is -2.25. The number of nitriles is 1. The zero-order valence-corrected chi connectivity index (χ0v) is 21.7. The topological polar surface area (TPSA) is 143 Å². The lowest BCUT2D eigenvalue weighted by atomic mass is 10.1. The predicted molar refractivity (Wildman–Crippen MR) is 139 cm³/mol. The molecule has 13 heteroatoms. The number of anilines is 4. The summed E-state index contributed by atoms with van der Waals surface area (Å²) in [7, 11) is 3.78. The number of esters is 1. The van der Waals surface area contributed by atoms with Crippen LogP contribution in [0.1, 0.15) is 24.8 Å². The SMILES string of the molecule is CN(C)CCC(=O)OCCOCCOc1cc(NF)c(Nc2ccc(C#N)cn2)nc1NC1CCOCC1. The Morgan fingerprint density at radius 3 is 2.68 bits per heavy atom. The molecule has 1 aliphatic heterocycles. The summed E-state index contributed by atoms with van der Waals surface area (Å²) in [6, 6.07) is 6.81. The van der Waals surface area contributed by atoms with Gasteiger partial charge in [-0.1, -0.05) is 0 Å². The Bertz CT molecular complexity index is 1060. The molecule has 0 aromatic carbocycles. The minimum atomic E-state index is -0.274. The number of carbonyl (C=O) groups is 1. The number of rotatable bonds is 15. The van der Waals surface area contributed by atoms with Crippen molar-refractivity contribution in [1.82, 2.24) is 14.9 Å². The molecular weight excluding hydrogens is 497 g/mol. The van der Waals surface area contributed by atoms with Crippen LogP contribution in [0.15, 0.2) is 24.4 Å². The first-order valence-corrected chi connectivity index (χ1v) is 12.4. The van der Waals surface area contributed by atoms with E-state index in [-0.39, 0.29) is 49.9 Å². The smallest absolute Gasteiger partial charge is 0.307 e.